The summed E-state index contributed by atoms with van der Waals surface area (Å²) in [7, 11) is 1.06. The number of likely N-dealkylation sites (tertiary alicyclic amines) is 1. The Hall–Kier alpha value is -3.90. The first-order valence-corrected chi connectivity index (χ1v) is 12.9. The van der Waals surface area contributed by atoms with Crippen molar-refractivity contribution in [2.45, 2.75) is 30.5 Å². The van der Waals surface area contributed by atoms with E-state index in [1.807, 2.05) is 0 Å². The molecular weight excluding hydrogens is 590 g/mol. The molecule has 2 heterocycles. The summed E-state index contributed by atoms with van der Waals surface area (Å²) in [5.41, 5.74) is -3.30. The van der Waals surface area contributed by atoms with Crippen molar-refractivity contribution in [2.24, 2.45) is 11.8 Å². The number of benzene rings is 3. The molecule has 2 fully saturated rings. The molecule has 0 saturated carbocycles. The number of methoxy groups -OCH3 is 1. The largest absolute Gasteiger partial charge is 0.468 e. The maximum atomic E-state index is 14.1. The smallest absolute Gasteiger partial charge is 0.416 e. The van der Waals surface area contributed by atoms with Crippen LogP contribution in [0.25, 0.3) is 0 Å². The fraction of sp³-hybridized carbons (Fsp3) is 0.276. The Morgan fingerprint density at radius 2 is 1.31 bits per heavy atom. The molecule has 0 bridgehead atoms. The third-order valence-corrected chi connectivity index (χ3v) is 7.95. The second-order valence-corrected chi connectivity index (χ2v) is 10.4. The summed E-state index contributed by atoms with van der Waals surface area (Å²) in [6.07, 6.45) is -9.40. The number of nitrogens with one attached hydrogen (secondary N) is 1. The first-order chi connectivity index (χ1) is 19.7. The van der Waals surface area contributed by atoms with Crippen LogP contribution in [-0.4, -0.2) is 35.8 Å². The monoisotopic (exact) mass is 610 g/mol. The number of alkyl halides is 6. The molecule has 5 rings (SSSR count). The van der Waals surface area contributed by atoms with Gasteiger partial charge in [0, 0.05) is 5.02 Å². The van der Waals surface area contributed by atoms with E-state index in [2.05, 4.69) is 5.32 Å². The third kappa shape index (κ3) is 4.92. The molecule has 2 saturated heterocycles. The van der Waals surface area contributed by atoms with E-state index < -0.39 is 64.7 Å². The first kappa shape index (κ1) is 29.6. The van der Waals surface area contributed by atoms with Crippen LogP contribution < -0.4 is 5.32 Å². The standard InChI is InChI=1S/C29H21ClF6N2O4/c1-42-26(41)23-21-22(25(40)38(24(21)39)14-15-2-12-20(30)13-3-15)27(37-23,16-4-8-18(9-5-16)28(31,32)33)17-6-10-19(11-7-17)29(34,35)36/h2-13,21-23,37H,14H2,1H3/t21-,22-,23-/m1/s1. The van der Waals surface area contributed by atoms with Gasteiger partial charge in [-0.3, -0.25) is 24.6 Å². The van der Waals surface area contributed by atoms with Crippen molar-refractivity contribution in [1.29, 1.82) is 0 Å². The Balaban J connectivity index is 1.70. The van der Waals surface area contributed by atoms with E-state index in [1.54, 1.807) is 24.3 Å². The van der Waals surface area contributed by atoms with Crippen molar-refractivity contribution < 1.29 is 45.5 Å². The number of esters is 1. The van der Waals surface area contributed by atoms with E-state index in [0.717, 1.165) is 60.5 Å². The van der Waals surface area contributed by atoms with Gasteiger partial charge in [0.2, 0.25) is 11.8 Å². The zero-order valence-electron chi connectivity index (χ0n) is 21.6. The molecule has 13 heteroatoms. The number of imide groups is 1. The SMILES string of the molecule is COC(=O)[C@@H]1NC(c2ccc(C(F)(F)F)cc2)(c2ccc(C(F)(F)F)cc2)[C@H]2C(=O)N(Cc3ccc(Cl)cc3)C(=O)[C@@H]12. The van der Waals surface area contributed by atoms with E-state index in [0.29, 0.717) is 10.6 Å². The minimum atomic E-state index is -4.70. The average molecular weight is 611 g/mol. The fourth-order valence-corrected chi connectivity index (χ4v) is 5.89. The summed E-state index contributed by atoms with van der Waals surface area (Å²) in [5, 5.41) is 3.35. The fourth-order valence-electron chi connectivity index (χ4n) is 5.76. The van der Waals surface area contributed by atoms with Crippen LogP contribution in [0.1, 0.15) is 27.8 Å². The van der Waals surface area contributed by atoms with Crippen molar-refractivity contribution in [3.8, 4) is 0 Å². The molecule has 2 amide bonds. The quantitative estimate of drug-likeness (QED) is 0.232. The highest BCUT2D eigenvalue weighted by atomic mass is 35.5. The lowest BCUT2D eigenvalue weighted by Gasteiger charge is -2.36. The summed E-state index contributed by atoms with van der Waals surface area (Å²) in [5.74, 6) is -5.24. The number of hydrogen-bond donors (Lipinski definition) is 1. The topological polar surface area (TPSA) is 75.7 Å². The highest BCUT2D eigenvalue weighted by molar-refractivity contribution is 6.30. The Bertz CT molecular complexity index is 1460. The van der Waals surface area contributed by atoms with E-state index in [9.17, 15) is 40.7 Å². The van der Waals surface area contributed by atoms with Crippen LogP contribution in [0.15, 0.2) is 72.8 Å². The summed E-state index contributed by atoms with van der Waals surface area (Å²) < 4.78 is 85.3. The maximum absolute atomic E-state index is 14.1. The highest BCUT2D eigenvalue weighted by Gasteiger charge is 2.68. The van der Waals surface area contributed by atoms with Crippen LogP contribution in [0.2, 0.25) is 5.02 Å². The minimum absolute atomic E-state index is 0.0335. The number of ether oxygens (including phenoxy) is 1. The molecule has 2 aliphatic heterocycles. The molecule has 0 spiro atoms. The summed E-state index contributed by atoms with van der Waals surface area (Å²) in [4.78, 5) is 41.7. The maximum Gasteiger partial charge on any atom is 0.416 e. The Labute approximate surface area is 240 Å². The number of fused-ring (bicyclic) bond motifs is 1. The summed E-state index contributed by atoms with van der Waals surface area (Å²) in [6.45, 7) is -0.203. The van der Waals surface area contributed by atoms with Gasteiger partial charge in [0.05, 0.1) is 42.2 Å². The molecule has 0 aromatic heterocycles. The molecule has 42 heavy (non-hydrogen) atoms. The first-order valence-electron chi connectivity index (χ1n) is 12.5. The predicted octanol–water partition coefficient (Wildman–Crippen LogP) is 5.57. The zero-order valence-corrected chi connectivity index (χ0v) is 22.3. The van der Waals surface area contributed by atoms with Crippen LogP contribution in [0, 0.1) is 11.8 Å². The van der Waals surface area contributed by atoms with Gasteiger partial charge in [-0.15, -0.1) is 0 Å². The van der Waals surface area contributed by atoms with Gasteiger partial charge >= 0.3 is 18.3 Å². The number of halogens is 7. The molecule has 220 valence electrons. The van der Waals surface area contributed by atoms with Crippen LogP contribution in [-0.2, 0) is 43.6 Å². The number of hydrogen-bond acceptors (Lipinski definition) is 5. The summed E-state index contributed by atoms with van der Waals surface area (Å²) in [6, 6.07) is 12.2. The molecule has 3 atom stereocenters. The summed E-state index contributed by atoms with van der Waals surface area (Å²) >= 11 is 5.94. The molecule has 2 aliphatic rings. The van der Waals surface area contributed by atoms with Crippen molar-refractivity contribution in [3.05, 3.63) is 106 Å². The van der Waals surface area contributed by atoms with Crippen LogP contribution in [0.4, 0.5) is 26.3 Å². The van der Waals surface area contributed by atoms with Crippen molar-refractivity contribution in [1.82, 2.24) is 10.2 Å². The predicted molar refractivity (Wildman–Crippen MR) is 137 cm³/mol. The highest BCUT2D eigenvalue weighted by Crippen LogP contribution is 2.52. The van der Waals surface area contributed by atoms with Gasteiger partial charge in [-0.05, 0) is 53.1 Å². The van der Waals surface area contributed by atoms with Crippen LogP contribution >= 0.6 is 11.6 Å². The second kappa shape index (κ2) is 10.4. The van der Waals surface area contributed by atoms with E-state index in [-0.39, 0.29) is 17.7 Å². The van der Waals surface area contributed by atoms with Crippen LogP contribution in [0.3, 0.4) is 0 Å². The molecule has 6 nitrogen and oxygen atoms in total. The normalized spacial score (nSPS) is 21.9. The number of nitrogens with zero attached hydrogens (tertiary/aromatic N) is 1. The molecular formula is C29H21ClF6N2O4. The zero-order chi connectivity index (χ0) is 30.6. The molecule has 1 N–H and O–H groups in total. The lowest BCUT2D eigenvalue weighted by molar-refractivity contribution is -0.148. The van der Waals surface area contributed by atoms with Gasteiger partial charge in [-0.1, -0.05) is 48.0 Å². The molecule has 0 radical (unpaired) electrons. The Morgan fingerprint density at radius 1 is 0.833 bits per heavy atom. The van der Waals surface area contributed by atoms with Crippen molar-refractivity contribution >= 4 is 29.4 Å². The molecule has 0 unspecified atom stereocenters. The number of carbonyl (C=O) groups is 3. The van der Waals surface area contributed by atoms with Gasteiger partial charge < -0.3 is 4.74 Å². The lowest BCUT2D eigenvalue weighted by Crippen LogP contribution is -2.51. The molecule has 3 aromatic rings. The molecule has 3 aromatic carbocycles. The number of rotatable bonds is 5. The van der Waals surface area contributed by atoms with Crippen molar-refractivity contribution in [3.63, 3.8) is 0 Å². The van der Waals surface area contributed by atoms with Gasteiger partial charge in [0.15, 0.2) is 0 Å². The molecule has 0 aliphatic carbocycles. The average Bonchev–Trinajstić information content (AvgIpc) is 3.43. The van der Waals surface area contributed by atoms with Gasteiger partial charge in [0.25, 0.3) is 0 Å². The second-order valence-electron chi connectivity index (χ2n) is 10.00. The van der Waals surface area contributed by atoms with Gasteiger partial charge in [-0.25, -0.2) is 0 Å². The van der Waals surface area contributed by atoms with E-state index in [4.69, 9.17) is 16.3 Å². The third-order valence-electron chi connectivity index (χ3n) is 7.70. The Kier molecular flexibility index (Phi) is 7.34. The Morgan fingerprint density at radius 3 is 1.74 bits per heavy atom. The number of amides is 2. The van der Waals surface area contributed by atoms with Gasteiger partial charge in [-0.2, -0.15) is 26.3 Å². The van der Waals surface area contributed by atoms with Crippen molar-refractivity contribution in [2.75, 3.05) is 7.11 Å². The van der Waals surface area contributed by atoms with Gasteiger partial charge in [0.1, 0.15) is 6.04 Å². The minimum Gasteiger partial charge on any atom is -0.468 e. The van der Waals surface area contributed by atoms with E-state index in [1.165, 1.54) is 0 Å². The number of carbonyl (C=O) groups excluding carboxylic acids is 3. The lowest BCUT2D eigenvalue weighted by atomic mass is 9.71. The van der Waals surface area contributed by atoms with Crippen LogP contribution in [0.5, 0.6) is 0 Å². The van der Waals surface area contributed by atoms with E-state index >= 15 is 0 Å².